The lowest BCUT2D eigenvalue weighted by molar-refractivity contribution is -0.111. The Morgan fingerprint density at radius 1 is 1.20 bits per heavy atom. The number of benzene rings is 2. The van der Waals surface area contributed by atoms with Crippen LogP contribution in [0.4, 0.5) is 5.13 Å². The number of furan rings is 1. The number of nitrogens with zero attached hydrogens (tertiary/aromatic N) is 1. The maximum absolute atomic E-state index is 12.5. The van der Waals surface area contributed by atoms with Crippen LogP contribution in [-0.4, -0.2) is 18.0 Å². The second-order valence-corrected chi connectivity index (χ2v) is 8.03. The number of anilines is 1. The molecule has 30 heavy (non-hydrogen) atoms. The molecule has 0 fully saturated rings. The molecule has 4 aromatic rings. The number of rotatable bonds is 5. The fraction of sp³-hybridized carbons (Fsp3) is 0.167. The van der Waals surface area contributed by atoms with Crippen molar-refractivity contribution in [1.29, 1.82) is 0 Å². The van der Waals surface area contributed by atoms with E-state index in [1.165, 1.54) is 16.9 Å². The maximum Gasteiger partial charge on any atom is 0.250 e. The van der Waals surface area contributed by atoms with Crippen LogP contribution in [-0.2, 0) is 4.79 Å². The van der Waals surface area contributed by atoms with Crippen LogP contribution in [0, 0.1) is 13.8 Å². The Balaban J connectivity index is 1.72. The largest absolute Gasteiger partial charge is 0.496 e. The van der Waals surface area contributed by atoms with Gasteiger partial charge in [0, 0.05) is 34.0 Å². The minimum Gasteiger partial charge on any atom is -0.496 e. The van der Waals surface area contributed by atoms with Crippen molar-refractivity contribution in [2.75, 3.05) is 12.4 Å². The van der Waals surface area contributed by atoms with E-state index in [9.17, 15) is 4.79 Å². The van der Waals surface area contributed by atoms with Gasteiger partial charge < -0.3 is 9.15 Å². The first-order valence-corrected chi connectivity index (χ1v) is 10.4. The summed E-state index contributed by atoms with van der Waals surface area (Å²) >= 11 is 1.40. The number of fused-ring (bicyclic) bond motifs is 1. The highest BCUT2D eigenvalue weighted by molar-refractivity contribution is 7.13. The molecule has 0 saturated carbocycles. The Morgan fingerprint density at radius 2 is 1.97 bits per heavy atom. The van der Waals surface area contributed by atoms with Gasteiger partial charge in [0.25, 0.3) is 0 Å². The second kappa shape index (κ2) is 8.16. The van der Waals surface area contributed by atoms with Gasteiger partial charge >= 0.3 is 0 Å². The maximum atomic E-state index is 12.5. The standard InChI is InChI=1S/C24H22N2O3S/c1-14-5-7-17(8-6-14)20-12-29-22-11-21(28-4)18(10-19(20)22)15(2)9-23(27)26-24-25-16(3)13-30-24/h5-13H,1-4H3,(H,25,26,27)/b15-9+. The van der Waals surface area contributed by atoms with E-state index >= 15 is 0 Å². The molecule has 0 aliphatic heterocycles. The Labute approximate surface area is 179 Å². The van der Waals surface area contributed by atoms with Gasteiger partial charge in [0.2, 0.25) is 5.91 Å². The highest BCUT2D eigenvalue weighted by atomic mass is 32.1. The van der Waals surface area contributed by atoms with Crippen molar-refractivity contribution < 1.29 is 13.9 Å². The van der Waals surface area contributed by atoms with Crippen molar-refractivity contribution in [1.82, 2.24) is 4.98 Å². The van der Waals surface area contributed by atoms with Crippen molar-refractivity contribution in [3.05, 3.63) is 70.9 Å². The molecule has 152 valence electrons. The van der Waals surface area contributed by atoms with Crippen LogP contribution in [0.3, 0.4) is 0 Å². The summed E-state index contributed by atoms with van der Waals surface area (Å²) in [7, 11) is 1.61. The molecule has 2 aromatic carbocycles. The minimum atomic E-state index is -0.227. The van der Waals surface area contributed by atoms with E-state index in [1.807, 2.05) is 31.4 Å². The first-order chi connectivity index (χ1) is 14.4. The van der Waals surface area contributed by atoms with Crippen LogP contribution in [0.1, 0.15) is 23.7 Å². The number of ether oxygens (including phenoxy) is 1. The summed E-state index contributed by atoms with van der Waals surface area (Å²) in [6.45, 7) is 5.85. The second-order valence-electron chi connectivity index (χ2n) is 7.17. The van der Waals surface area contributed by atoms with E-state index in [1.54, 1.807) is 19.4 Å². The molecule has 0 atom stereocenters. The number of aryl methyl sites for hydroxylation is 2. The topological polar surface area (TPSA) is 64.4 Å². The van der Waals surface area contributed by atoms with Gasteiger partial charge in [0.1, 0.15) is 11.3 Å². The monoisotopic (exact) mass is 418 g/mol. The zero-order valence-corrected chi connectivity index (χ0v) is 18.1. The molecule has 0 unspecified atom stereocenters. The molecule has 0 aliphatic rings. The fourth-order valence-electron chi connectivity index (χ4n) is 3.32. The summed E-state index contributed by atoms with van der Waals surface area (Å²) in [6, 6.07) is 12.2. The summed E-state index contributed by atoms with van der Waals surface area (Å²) in [6.07, 6.45) is 3.32. The lowest BCUT2D eigenvalue weighted by atomic mass is 9.99. The molecule has 0 aliphatic carbocycles. The highest BCUT2D eigenvalue weighted by Gasteiger charge is 2.15. The zero-order chi connectivity index (χ0) is 21.3. The SMILES string of the molecule is COc1cc2occ(-c3ccc(C)cc3)c2cc1/C(C)=C/C(=O)Nc1nc(C)cs1. The number of thiazole rings is 1. The molecule has 5 nitrogen and oxygen atoms in total. The number of carbonyl (C=O) groups excluding carboxylic acids is 1. The van der Waals surface area contributed by atoms with Gasteiger partial charge in [0.05, 0.1) is 19.1 Å². The molecular weight excluding hydrogens is 396 g/mol. The molecule has 1 N–H and O–H groups in total. The molecular formula is C24H22N2O3S. The van der Waals surface area contributed by atoms with Gasteiger partial charge in [-0.1, -0.05) is 29.8 Å². The van der Waals surface area contributed by atoms with E-state index in [-0.39, 0.29) is 5.91 Å². The Morgan fingerprint density at radius 3 is 2.63 bits per heavy atom. The molecule has 4 rings (SSSR count). The van der Waals surface area contributed by atoms with Crippen LogP contribution >= 0.6 is 11.3 Å². The summed E-state index contributed by atoms with van der Waals surface area (Å²) in [4.78, 5) is 16.7. The van der Waals surface area contributed by atoms with Gasteiger partial charge in [-0.15, -0.1) is 11.3 Å². The number of methoxy groups -OCH3 is 1. The van der Waals surface area contributed by atoms with E-state index in [0.717, 1.165) is 38.9 Å². The number of aromatic nitrogens is 1. The Hall–Kier alpha value is -3.38. The molecule has 2 heterocycles. The third kappa shape index (κ3) is 4.00. The lowest BCUT2D eigenvalue weighted by Crippen LogP contribution is -2.08. The smallest absolute Gasteiger partial charge is 0.250 e. The predicted octanol–water partition coefficient (Wildman–Crippen LogP) is 6.22. The number of allylic oxidation sites excluding steroid dienone is 1. The van der Waals surface area contributed by atoms with E-state index in [0.29, 0.717) is 10.9 Å². The summed E-state index contributed by atoms with van der Waals surface area (Å²) in [5.74, 6) is 0.425. The number of hydrogen-bond donors (Lipinski definition) is 1. The molecule has 0 saturated heterocycles. The van der Waals surface area contributed by atoms with Gasteiger partial charge in [-0.2, -0.15) is 0 Å². The van der Waals surface area contributed by atoms with Gasteiger partial charge in [-0.05, 0) is 38.0 Å². The van der Waals surface area contributed by atoms with Crippen molar-refractivity contribution >= 4 is 38.9 Å². The van der Waals surface area contributed by atoms with Gasteiger partial charge in [0.15, 0.2) is 5.13 Å². The van der Waals surface area contributed by atoms with Crippen molar-refractivity contribution in [3.63, 3.8) is 0 Å². The number of amides is 1. The number of hydrogen-bond acceptors (Lipinski definition) is 5. The molecule has 0 spiro atoms. The lowest BCUT2D eigenvalue weighted by Gasteiger charge is -2.10. The van der Waals surface area contributed by atoms with E-state index in [2.05, 4.69) is 41.5 Å². The molecule has 0 bridgehead atoms. The predicted molar refractivity (Wildman–Crippen MR) is 122 cm³/mol. The first kappa shape index (κ1) is 19.9. The average Bonchev–Trinajstić information content (AvgIpc) is 3.32. The van der Waals surface area contributed by atoms with Crippen molar-refractivity contribution in [3.8, 4) is 16.9 Å². The van der Waals surface area contributed by atoms with Crippen LogP contribution in [0.25, 0.3) is 27.7 Å². The third-order valence-corrected chi connectivity index (χ3v) is 5.76. The third-order valence-electron chi connectivity index (χ3n) is 4.88. The molecule has 2 aromatic heterocycles. The minimum absolute atomic E-state index is 0.227. The van der Waals surface area contributed by atoms with Crippen molar-refractivity contribution in [2.45, 2.75) is 20.8 Å². The summed E-state index contributed by atoms with van der Waals surface area (Å²) in [5.41, 5.74) is 6.53. The Kier molecular flexibility index (Phi) is 5.42. The highest BCUT2D eigenvalue weighted by Crippen LogP contribution is 2.37. The van der Waals surface area contributed by atoms with E-state index < -0.39 is 0 Å². The summed E-state index contributed by atoms with van der Waals surface area (Å²) in [5, 5.41) is 6.26. The quantitative estimate of drug-likeness (QED) is 0.391. The van der Waals surface area contributed by atoms with Crippen LogP contribution in [0.2, 0.25) is 0 Å². The molecule has 1 amide bonds. The number of carbonyl (C=O) groups is 1. The van der Waals surface area contributed by atoms with Crippen LogP contribution < -0.4 is 10.1 Å². The summed E-state index contributed by atoms with van der Waals surface area (Å²) < 4.78 is 11.4. The number of nitrogens with one attached hydrogen (secondary N) is 1. The van der Waals surface area contributed by atoms with Crippen LogP contribution in [0.5, 0.6) is 5.75 Å². The van der Waals surface area contributed by atoms with Crippen LogP contribution in [0.15, 0.2) is 58.5 Å². The molecule has 0 radical (unpaired) electrons. The normalized spacial score (nSPS) is 11.7. The van der Waals surface area contributed by atoms with Gasteiger partial charge in [-0.25, -0.2) is 4.98 Å². The Bertz CT molecular complexity index is 1250. The van der Waals surface area contributed by atoms with E-state index in [4.69, 9.17) is 9.15 Å². The van der Waals surface area contributed by atoms with Gasteiger partial charge in [-0.3, -0.25) is 10.1 Å². The average molecular weight is 419 g/mol. The molecule has 6 heteroatoms. The fourth-order valence-corrected chi connectivity index (χ4v) is 4.01. The van der Waals surface area contributed by atoms with Crippen molar-refractivity contribution in [2.24, 2.45) is 0 Å². The first-order valence-electron chi connectivity index (χ1n) is 9.52. The zero-order valence-electron chi connectivity index (χ0n) is 17.3.